The Morgan fingerprint density at radius 3 is 2.29 bits per heavy atom. The van der Waals surface area contributed by atoms with Gasteiger partial charge in [-0.05, 0) is 22.8 Å². The molecule has 0 saturated heterocycles. The molecule has 4 rings (SSSR count). The van der Waals surface area contributed by atoms with Crippen LogP contribution < -0.4 is 4.57 Å². The smallest absolute Gasteiger partial charge is 0.193 e. The van der Waals surface area contributed by atoms with Crippen molar-refractivity contribution in [3.63, 3.8) is 0 Å². The molecule has 0 aliphatic carbocycles. The van der Waals surface area contributed by atoms with Gasteiger partial charge in [0, 0.05) is 37.0 Å². The second-order valence-electron chi connectivity index (χ2n) is 6.80. The van der Waals surface area contributed by atoms with E-state index in [4.69, 9.17) is 0 Å². The lowest BCUT2D eigenvalue weighted by molar-refractivity contribution is -0.758. The summed E-state index contributed by atoms with van der Waals surface area (Å²) in [7, 11) is 0. The highest BCUT2D eigenvalue weighted by Gasteiger charge is 2.43. The third-order valence-corrected chi connectivity index (χ3v) is 5.70. The molecule has 24 heavy (non-hydrogen) atoms. The van der Waals surface area contributed by atoms with Crippen LogP contribution in [0, 0.1) is 0 Å². The van der Waals surface area contributed by atoms with E-state index in [0.29, 0.717) is 0 Å². The van der Waals surface area contributed by atoms with Gasteiger partial charge in [-0.2, -0.15) is 4.57 Å². The number of fused-ring (bicyclic) bond motifs is 3. The fourth-order valence-electron chi connectivity index (χ4n) is 4.14. The Labute approximate surface area is 144 Å². The Hall–Kier alpha value is -2.41. The fraction of sp³-hybridized carbons (Fsp3) is 0.261. The van der Waals surface area contributed by atoms with E-state index in [1.165, 1.54) is 27.9 Å². The van der Waals surface area contributed by atoms with Crippen LogP contribution in [0.1, 0.15) is 32.3 Å². The minimum Gasteiger partial charge on any atom is -0.193 e. The Balaban J connectivity index is 1.96. The molecular weight excluding hydrogens is 290 g/mol. The van der Waals surface area contributed by atoms with Gasteiger partial charge in [0.15, 0.2) is 11.7 Å². The van der Waals surface area contributed by atoms with Gasteiger partial charge >= 0.3 is 0 Å². The molecular formula is C23H24N+. The standard InChI is InChI=1S/C23H24N/c1-3-23(4-2)17-20-12-8-9-13-21(20)22-16-19(14-15-24(22)23)18-10-6-5-7-11-18/h5-16H,3-4,17H2,1-2H3/q+1. The molecule has 1 aliphatic rings. The van der Waals surface area contributed by atoms with E-state index >= 15 is 0 Å². The average molecular weight is 314 g/mol. The Kier molecular flexibility index (Phi) is 3.72. The Bertz CT molecular complexity index is 860. The van der Waals surface area contributed by atoms with Crippen molar-refractivity contribution in [1.82, 2.24) is 0 Å². The number of pyridine rings is 1. The number of nitrogens with zero attached hydrogens (tertiary/aromatic N) is 1. The topological polar surface area (TPSA) is 3.88 Å². The molecule has 1 nitrogen and oxygen atoms in total. The van der Waals surface area contributed by atoms with Gasteiger partial charge in [-0.1, -0.05) is 62.4 Å². The predicted octanol–water partition coefficient (Wildman–Crippen LogP) is 5.38. The van der Waals surface area contributed by atoms with E-state index in [-0.39, 0.29) is 5.54 Å². The van der Waals surface area contributed by atoms with Crippen molar-refractivity contribution < 1.29 is 4.57 Å². The predicted molar refractivity (Wildman–Crippen MR) is 99.8 cm³/mol. The van der Waals surface area contributed by atoms with Crippen LogP contribution in [0.25, 0.3) is 22.4 Å². The van der Waals surface area contributed by atoms with Gasteiger partial charge in [-0.25, -0.2) is 0 Å². The summed E-state index contributed by atoms with van der Waals surface area (Å²) in [5.41, 5.74) is 6.97. The molecule has 0 amide bonds. The molecule has 2 heterocycles. The van der Waals surface area contributed by atoms with E-state index in [2.05, 4.69) is 91.3 Å². The number of hydrogen-bond acceptors (Lipinski definition) is 0. The zero-order chi connectivity index (χ0) is 16.6. The van der Waals surface area contributed by atoms with Crippen molar-refractivity contribution in [2.45, 2.75) is 38.6 Å². The maximum atomic E-state index is 2.53. The largest absolute Gasteiger partial charge is 0.213 e. The van der Waals surface area contributed by atoms with Crippen LogP contribution in [-0.4, -0.2) is 0 Å². The summed E-state index contributed by atoms with van der Waals surface area (Å²) in [6.45, 7) is 4.64. The lowest BCUT2D eigenvalue weighted by Gasteiger charge is -2.33. The van der Waals surface area contributed by atoms with Gasteiger partial charge in [-0.3, -0.25) is 0 Å². The zero-order valence-electron chi connectivity index (χ0n) is 14.5. The maximum absolute atomic E-state index is 2.53. The van der Waals surface area contributed by atoms with E-state index < -0.39 is 0 Å². The number of aromatic nitrogens is 1. The van der Waals surface area contributed by atoms with Gasteiger partial charge in [0.1, 0.15) is 0 Å². The third kappa shape index (κ3) is 2.27. The van der Waals surface area contributed by atoms with Crippen molar-refractivity contribution in [1.29, 1.82) is 0 Å². The first-order valence-electron chi connectivity index (χ1n) is 8.97. The molecule has 1 heteroatoms. The molecule has 1 aromatic heterocycles. The van der Waals surface area contributed by atoms with Crippen molar-refractivity contribution in [3.8, 4) is 22.4 Å². The molecule has 0 saturated carbocycles. The molecule has 0 atom stereocenters. The van der Waals surface area contributed by atoms with Crippen LogP contribution in [-0.2, 0) is 12.0 Å². The van der Waals surface area contributed by atoms with Crippen LogP contribution in [0.3, 0.4) is 0 Å². The van der Waals surface area contributed by atoms with Crippen LogP contribution in [0.15, 0.2) is 72.9 Å². The summed E-state index contributed by atoms with van der Waals surface area (Å²) < 4.78 is 2.53. The van der Waals surface area contributed by atoms with Crippen molar-refractivity contribution in [3.05, 3.63) is 78.5 Å². The van der Waals surface area contributed by atoms with E-state index in [1.807, 2.05) is 0 Å². The molecule has 2 aromatic carbocycles. The van der Waals surface area contributed by atoms with Gasteiger partial charge in [-0.15, -0.1) is 0 Å². The van der Waals surface area contributed by atoms with Crippen LogP contribution in [0.4, 0.5) is 0 Å². The van der Waals surface area contributed by atoms with Gasteiger partial charge in [0.25, 0.3) is 0 Å². The lowest BCUT2D eigenvalue weighted by atomic mass is 9.79. The summed E-state index contributed by atoms with van der Waals surface area (Å²) in [6.07, 6.45) is 5.74. The fourth-order valence-corrected chi connectivity index (χ4v) is 4.14. The number of hydrogen-bond donors (Lipinski definition) is 0. The highest BCUT2D eigenvalue weighted by molar-refractivity contribution is 5.70. The van der Waals surface area contributed by atoms with Crippen LogP contribution in [0.5, 0.6) is 0 Å². The second kappa shape index (κ2) is 5.90. The molecule has 120 valence electrons. The summed E-state index contributed by atoms with van der Waals surface area (Å²) in [5.74, 6) is 0. The third-order valence-electron chi connectivity index (χ3n) is 5.70. The van der Waals surface area contributed by atoms with Crippen LogP contribution in [0.2, 0.25) is 0 Å². The highest BCUT2D eigenvalue weighted by Crippen LogP contribution is 2.37. The quantitative estimate of drug-likeness (QED) is 0.571. The monoisotopic (exact) mass is 314 g/mol. The summed E-state index contributed by atoms with van der Waals surface area (Å²) in [5, 5.41) is 0. The first-order chi connectivity index (χ1) is 11.8. The highest BCUT2D eigenvalue weighted by atomic mass is 15.1. The van der Waals surface area contributed by atoms with Gasteiger partial charge < -0.3 is 0 Å². The molecule has 0 unspecified atom stereocenters. The number of benzene rings is 2. The van der Waals surface area contributed by atoms with Crippen molar-refractivity contribution in [2.24, 2.45) is 0 Å². The first-order valence-corrected chi connectivity index (χ1v) is 8.97. The van der Waals surface area contributed by atoms with Crippen molar-refractivity contribution >= 4 is 0 Å². The molecule has 0 bridgehead atoms. The zero-order valence-corrected chi connectivity index (χ0v) is 14.5. The van der Waals surface area contributed by atoms with E-state index in [0.717, 1.165) is 19.3 Å². The first kappa shape index (κ1) is 15.1. The normalized spacial score (nSPS) is 14.8. The maximum Gasteiger partial charge on any atom is 0.213 e. The SMILES string of the molecule is CCC1(CC)Cc2ccccc2-c2cc(-c3ccccc3)cc[n+]21. The van der Waals surface area contributed by atoms with E-state index in [1.54, 1.807) is 0 Å². The molecule has 0 N–H and O–H groups in total. The molecule has 0 fully saturated rings. The average Bonchev–Trinajstić information content (AvgIpc) is 2.67. The second-order valence-corrected chi connectivity index (χ2v) is 6.80. The minimum absolute atomic E-state index is 0.193. The van der Waals surface area contributed by atoms with Crippen molar-refractivity contribution in [2.75, 3.05) is 0 Å². The molecule has 3 aromatic rings. The van der Waals surface area contributed by atoms with Gasteiger partial charge in [0.05, 0.1) is 0 Å². The lowest BCUT2D eigenvalue weighted by Crippen LogP contribution is -2.60. The van der Waals surface area contributed by atoms with Crippen LogP contribution >= 0.6 is 0 Å². The Morgan fingerprint density at radius 1 is 0.833 bits per heavy atom. The minimum atomic E-state index is 0.193. The molecule has 0 spiro atoms. The number of rotatable bonds is 3. The Morgan fingerprint density at radius 2 is 1.54 bits per heavy atom. The molecule has 0 radical (unpaired) electrons. The van der Waals surface area contributed by atoms with Gasteiger partial charge in [0.2, 0.25) is 5.69 Å². The van der Waals surface area contributed by atoms with E-state index in [9.17, 15) is 0 Å². The molecule has 1 aliphatic heterocycles. The summed E-state index contributed by atoms with van der Waals surface area (Å²) >= 11 is 0. The summed E-state index contributed by atoms with van der Waals surface area (Å²) in [4.78, 5) is 0. The summed E-state index contributed by atoms with van der Waals surface area (Å²) in [6, 6.07) is 24.2.